The minimum atomic E-state index is -0.187. The fourth-order valence-electron chi connectivity index (χ4n) is 3.68. The number of aromatic amines is 2. The molecule has 5 nitrogen and oxygen atoms in total. The van der Waals surface area contributed by atoms with Crippen LogP contribution >= 0.6 is 0 Å². The molecular formula is C20H23FN4O. The van der Waals surface area contributed by atoms with E-state index in [1.54, 1.807) is 18.2 Å². The van der Waals surface area contributed by atoms with Gasteiger partial charge >= 0.3 is 0 Å². The van der Waals surface area contributed by atoms with Crippen molar-refractivity contribution in [2.45, 2.75) is 12.8 Å². The molecule has 3 aromatic rings. The highest BCUT2D eigenvalue weighted by Gasteiger charge is 2.17. The van der Waals surface area contributed by atoms with Crippen LogP contribution in [-0.4, -0.2) is 47.6 Å². The van der Waals surface area contributed by atoms with Crippen molar-refractivity contribution in [1.82, 2.24) is 14.9 Å². The van der Waals surface area contributed by atoms with Gasteiger partial charge in [0.05, 0.1) is 0 Å². The summed E-state index contributed by atoms with van der Waals surface area (Å²) in [5, 5.41) is 0.989. The molecule has 0 amide bonds. The van der Waals surface area contributed by atoms with Gasteiger partial charge in [-0.15, -0.1) is 0 Å². The summed E-state index contributed by atoms with van der Waals surface area (Å²) in [4.78, 5) is 22.2. The summed E-state index contributed by atoms with van der Waals surface area (Å²) in [6, 6.07) is 10.2. The molecule has 1 aliphatic heterocycles. The van der Waals surface area contributed by atoms with Crippen LogP contribution in [-0.2, 0) is 6.42 Å². The third kappa shape index (κ3) is 3.65. The summed E-state index contributed by atoms with van der Waals surface area (Å²) in [5.41, 5.74) is 2.12. The Hall–Kier alpha value is -2.60. The van der Waals surface area contributed by atoms with Crippen LogP contribution in [0, 0.1) is 5.82 Å². The second kappa shape index (κ2) is 7.33. The largest absolute Gasteiger partial charge is 0.361 e. The zero-order valence-corrected chi connectivity index (χ0v) is 14.7. The van der Waals surface area contributed by atoms with Gasteiger partial charge in [-0.3, -0.25) is 9.69 Å². The Kier molecular flexibility index (Phi) is 4.75. The number of halogens is 1. The van der Waals surface area contributed by atoms with Crippen molar-refractivity contribution >= 4 is 16.7 Å². The molecule has 1 aromatic carbocycles. The number of piperazine rings is 1. The SMILES string of the molecule is O=c1cccc(N2CCN(CCCc3c[nH]c4ccc(F)cc34)CC2)[nH]1. The van der Waals surface area contributed by atoms with Crippen molar-refractivity contribution in [2.24, 2.45) is 0 Å². The van der Waals surface area contributed by atoms with Gasteiger partial charge in [-0.2, -0.15) is 0 Å². The third-order valence-electron chi connectivity index (χ3n) is 5.12. The number of aryl methyl sites for hydroxylation is 1. The number of rotatable bonds is 5. The van der Waals surface area contributed by atoms with Crippen molar-refractivity contribution in [3.8, 4) is 0 Å². The normalized spacial score (nSPS) is 15.7. The number of pyridine rings is 1. The van der Waals surface area contributed by atoms with Crippen LogP contribution in [0.5, 0.6) is 0 Å². The number of anilines is 1. The van der Waals surface area contributed by atoms with Crippen molar-refractivity contribution in [1.29, 1.82) is 0 Å². The summed E-state index contributed by atoms with van der Waals surface area (Å²) >= 11 is 0. The summed E-state index contributed by atoms with van der Waals surface area (Å²) in [7, 11) is 0. The molecule has 0 saturated carbocycles. The standard InChI is InChI=1S/C20H23FN4O/c21-16-6-7-18-17(13-16)15(14-22-18)3-2-8-24-9-11-25(12-10-24)19-4-1-5-20(26)23-19/h1,4-7,13-14,22H,2-3,8-12H2,(H,23,26). The number of nitrogens with zero attached hydrogens (tertiary/aromatic N) is 2. The first-order chi connectivity index (χ1) is 12.7. The lowest BCUT2D eigenvalue weighted by atomic mass is 10.1. The van der Waals surface area contributed by atoms with E-state index >= 15 is 0 Å². The van der Waals surface area contributed by atoms with Gasteiger partial charge in [0.1, 0.15) is 11.6 Å². The van der Waals surface area contributed by atoms with Gasteiger partial charge in [-0.1, -0.05) is 6.07 Å². The minimum absolute atomic E-state index is 0.0555. The molecule has 1 saturated heterocycles. The van der Waals surface area contributed by atoms with Crippen LogP contribution in [0.3, 0.4) is 0 Å². The molecule has 2 aromatic heterocycles. The fourth-order valence-corrected chi connectivity index (χ4v) is 3.68. The fraction of sp³-hybridized carbons (Fsp3) is 0.350. The summed E-state index contributed by atoms with van der Waals surface area (Å²) in [5.74, 6) is 0.714. The maximum Gasteiger partial charge on any atom is 0.249 e. The Morgan fingerprint density at radius 3 is 2.73 bits per heavy atom. The third-order valence-corrected chi connectivity index (χ3v) is 5.12. The topological polar surface area (TPSA) is 55.1 Å². The highest BCUT2D eigenvalue weighted by atomic mass is 19.1. The molecule has 0 spiro atoms. The number of aromatic nitrogens is 2. The number of H-pyrrole nitrogens is 2. The predicted molar refractivity (Wildman–Crippen MR) is 102 cm³/mol. The molecular weight excluding hydrogens is 331 g/mol. The van der Waals surface area contributed by atoms with E-state index in [1.807, 2.05) is 12.3 Å². The zero-order chi connectivity index (χ0) is 17.9. The minimum Gasteiger partial charge on any atom is -0.361 e. The number of hydrogen-bond acceptors (Lipinski definition) is 3. The lowest BCUT2D eigenvalue weighted by Crippen LogP contribution is -2.47. The van der Waals surface area contributed by atoms with Crippen LogP contribution in [0.4, 0.5) is 10.2 Å². The van der Waals surface area contributed by atoms with Gasteiger partial charge in [0, 0.05) is 49.3 Å². The second-order valence-electron chi connectivity index (χ2n) is 6.84. The molecule has 1 aliphatic rings. The van der Waals surface area contributed by atoms with Gasteiger partial charge in [0.25, 0.3) is 0 Å². The van der Waals surface area contributed by atoms with Gasteiger partial charge < -0.3 is 14.9 Å². The van der Waals surface area contributed by atoms with Gasteiger partial charge in [-0.25, -0.2) is 4.39 Å². The number of hydrogen-bond donors (Lipinski definition) is 2. The Morgan fingerprint density at radius 1 is 1.08 bits per heavy atom. The molecule has 0 atom stereocenters. The Balaban J connectivity index is 1.28. The van der Waals surface area contributed by atoms with E-state index in [2.05, 4.69) is 19.8 Å². The molecule has 3 heterocycles. The van der Waals surface area contributed by atoms with E-state index in [0.29, 0.717) is 0 Å². The van der Waals surface area contributed by atoms with Crippen LogP contribution in [0.1, 0.15) is 12.0 Å². The molecule has 2 N–H and O–H groups in total. The van der Waals surface area contributed by atoms with Gasteiger partial charge in [0.15, 0.2) is 0 Å². The first-order valence-electron chi connectivity index (χ1n) is 9.11. The molecule has 26 heavy (non-hydrogen) atoms. The molecule has 0 aliphatic carbocycles. The first-order valence-corrected chi connectivity index (χ1v) is 9.11. The highest BCUT2D eigenvalue weighted by molar-refractivity contribution is 5.83. The Labute approximate surface area is 151 Å². The van der Waals surface area contributed by atoms with Gasteiger partial charge in [-0.05, 0) is 49.2 Å². The summed E-state index contributed by atoms with van der Waals surface area (Å²) < 4.78 is 13.5. The maximum atomic E-state index is 13.5. The van der Waals surface area contributed by atoms with Gasteiger partial charge in [0.2, 0.25) is 5.56 Å². The molecule has 136 valence electrons. The lowest BCUT2D eigenvalue weighted by molar-refractivity contribution is 0.254. The monoisotopic (exact) mass is 354 g/mol. The van der Waals surface area contributed by atoms with E-state index < -0.39 is 0 Å². The second-order valence-corrected chi connectivity index (χ2v) is 6.84. The average Bonchev–Trinajstić information content (AvgIpc) is 3.04. The van der Waals surface area contributed by atoms with Crippen LogP contribution in [0.15, 0.2) is 47.4 Å². The Bertz CT molecular complexity index is 940. The van der Waals surface area contributed by atoms with E-state index in [9.17, 15) is 9.18 Å². The molecule has 0 bridgehead atoms. The molecule has 0 radical (unpaired) electrons. The predicted octanol–water partition coefficient (Wildman–Crippen LogP) is 2.75. The van der Waals surface area contributed by atoms with Crippen LogP contribution in [0.25, 0.3) is 10.9 Å². The highest BCUT2D eigenvalue weighted by Crippen LogP contribution is 2.21. The van der Waals surface area contributed by atoms with E-state index in [1.165, 1.54) is 17.7 Å². The zero-order valence-electron chi connectivity index (χ0n) is 14.7. The molecule has 1 fully saturated rings. The number of benzene rings is 1. The van der Waals surface area contributed by atoms with Crippen LogP contribution < -0.4 is 10.5 Å². The van der Waals surface area contributed by atoms with Crippen molar-refractivity contribution in [3.05, 3.63) is 64.3 Å². The maximum absolute atomic E-state index is 13.5. The molecule has 0 unspecified atom stereocenters. The summed E-state index contributed by atoms with van der Waals surface area (Å²) in [6.07, 6.45) is 3.98. The molecule has 6 heteroatoms. The van der Waals surface area contributed by atoms with Crippen molar-refractivity contribution < 1.29 is 4.39 Å². The summed E-state index contributed by atoms with van der Waals surface area (Å²) in [6.45, 7) is 4.83. The van der Waals surface area contributed by atoms with E-state index in [4.69, 9.17) is 0 Å². The van der Waals surface area contributed by atoms with Crippen molar-refractivity contribution in [3.63, 3.8) is 0 Å². The molecule has 4 rings (SSSR count). The van der Waals surface area contributed by atoms with Crippen LogP contribution in [0.2, 0.25) is 0 Å². The lowest BCUT2D eigenvalue weighted by Gasteiger charge is -2.35. The quantitative estimate of drug-likeness (QED) is 0.741. The average molecular weight is 354 g/mol. The van der Waals surface area contributed by atoms with E-state index in [-0.39, 0.29) is 11.4 Å². The first kappa shape index (κ1) is 16.8. The number of fused-ring (bicyclic) bond motifs is 1. The van der Waals surface area contributed by atoms with E-state index in [0.717, 1.165) is 62.3 Å². The van der Waals surface area contributed by atoms with Crippen molar-refractivity contribution in [2.75, 3.05) is 37.6 Å². The number of nitrogens with one attached hydrogen (secondary N) is 2. The Morgan fingerprint density at radius 2 is 1.92 bits per heavy atom. The smallest absolute Gasteiger partial charge is 0.249 e.